The normalized spacial score (nSPS) is 31.3. The van der Waals surface area contributed by atoms with Gasteiger partial charge in [-0.2, -0.15) is 0 Å². The molecule has 3 saturated heterocycles. The zero-order chi connectivity index (χ0) is 13.7. The van der Waals surface area contributed by atoms with E-state index < -0.39 is 0 Å². The van der Waals surface area contributed by atoms with Crippen LogP contribution in [0.15, 0.2) is 36.4 Å². The van der Waals surface area contributed by atoms with E-state index in [1.165, 1.54) is 10.9 Å². The van der Waals surface area contributed by atoms with Gasteiger partial charge < -0.3 is 14.2 Å². The van der Waals surface area contributed by atoms with Crippen LogP contribution in [-0.2, 0) is 15.1 Å². The molecule has 3 heterocycles. The van der Waals surface area contributed by atoms with Gasteiger partial charge in [0.25, 0.3) is 0 Å². The molecule has 0 saturated carbocycles. The molecular formula is C17H18O3. The zero-order valence-electron chi connectivity index (χ0n) is 11.8. The van der Waals surface area contributed by atoms with E-state index in [0.717, 1.165) is 24.0 Å². The Hall–Kier alpha value is -1.58. The Bertz CT molecular complexity index is 658. The zero-order valence-corrected chi connectivity index (χ0v) is 11.8. The van der Waals surface area contributed by atoms with Gasteiger partial charge in [0.1, 0.15) is 11.4 Å². The third kappa shape index (κ3) is 1.48. The van der Waals surface area contributed by atoms with Crippen molar-refractivity contribution in [2.24, 2.45) is 0 Å². The van der Waals surface area contributed by atoms with Crippen LogP contribution in [0, 0.1) is 0 Å². The molecule has 3 aliphatic heterocycles. The molecule has 0 amide bonds. The minimum absolute atomic E-state index is 0.000886. The molecule has 3 atom stereocenters. The van der Waals surface area contributed by atoms with Gasteiger partial charge in [-0.25, -0.2) is 0 Å². The third-order valence-corrected chi connectivity index (χ3v) is 4.57. The molecule has 3 nitrogen and oxygen atoms in total. The first kappa shape index (κ1) is 12.2. The van der Waals surface area contributed by atoms with Crippen molar-refractivity contribution in [3.05, 3.63) is 42.0 Å². The molecule has 104 valence electrons. The van der Waals surface area contributed by atoms with Crippen molar-refractivity contribution >= 4 is 10.8 Å². The molecule has 0 aromatic heterocycles. The molecule has 3 unspecified atom stereocenters. The second-order valence-electron chi connectivity index (χ2n) is 5.57. The van der Waals surface area contributed by atoms with Gasteiger partial charge in [-0.1, -0.05) is 31.2 Å². The van der Waals surface area contributed by atoms with Crippen molar-refractivity contribution in [3.63, 3.8) is 0 Å². The van der Waals surface area contributed by atoms with E-state index in [0.29, 0.717) is 0 Å². The SMILES string of the molecule is CCC1OC2CC1(c1ccc3c(OC)cccc3c1)O2. The van der Waals surface area contributed by atoms with Gasteiger partial charge in [-0.15, -0.1) is 0 Å². The Labute approximate surface area is 118 Å². The Morgan fingerprint density at radius 3 is 2.90 bits per heavy atom. The maximum atomic E-state index is 5.98. The van der Waals surface area contributed by atoms with Crippen LogP contribution in [-0.4, -0.2) is 19.5 Å². The molecule has 2 aromatic carbocycles. The van der Waals surface area contributed by atoms with Crippen LogP contribution in [0.25, 0.3) is 10.8 Å². The highest BCUT2D eigenvalue weighted by Crippen LogP contribution is 2.54. The highest BCUT2D eigenvalue weighted by atomic mass is 16.8. The lowest BCUT2D eigenvalue weighted by molar-refractivity contribution is -0.198. The van der Waals surface area contributed by atoms with E-state index in [2.05, 4.69) is 31.2 Å². The summed E-state index contributed by atoms with van der Waals surface area (Å²) in [5, 5.41) is 2.32. The Morgan fingerprint density at radius 2 is 2.15 bits per heavy atom. The molecule has 2 bridgehead atoms. The molecule has 3 heteroatoms. The summed E-state index contributed by atoms with van der Waals surface area (Å²) < 4.78 is 17.2. The maximum absolute atomic E-state index is 5.98. The second-order valence-corrected chi connectivity index (χ2v) is 5.57. The van der Waals surface area contributed by atoms with Crippen molar-refractivity contribution in [3.8, 4) is 5.75 Å². The topological polar surface area (TPSA) is 27.7 Å². The number of methoxy groups -OCH3 is 1. The summed E-state index contributed by atoms with van der Waals surface area (Å²) >= 11 is 0. The Balaban J connectivity index is 1.82. The van der Waals surface area contributed by atoms with Crippen LogP contribution in [0.3, 0.4) is 0 Å². The molecule has 3 fully saturated rings. The number of fused-ring (bicyclic) bond motifs is 2. The van der Waals surface area contributed by atoms with Crippen molar-refractivity contribution < 1.29 is 14.2 Å². The first-order valence-electron chi connectivity index (χ1n) is 7.17. The molecule has 0 spiro atoms. The lowest BCUT2D eigenvalue weighted by Crippen LogP contribution is -2.43. The molecular weight excluding hydrogens is 252 g/mol. The monoisotopic (exact) mass is 270 g/mol. The number of benzene rings is 2. The quantitative estimate of drug-likeness (QED) is 0.853. The molecule has 3 aliphatic rings. The molecule has 5 rings (SSSR count). The van der Waals surface area contributed by atoms with E-state index in [4.69, 9.17) is 14.2 Å². The molecule has 20 heavy (non-hydrogen) atoms. The average molecular weight is 270 g/mol. The third-order valence-electron chi connectivity index (χ3n) is 4.57. The molecule has 0 aliphatic carbocycles. The number of ether oxygens (including phenoxy) is 3. The van der Waals surface area contributed by atoms with Gasteiger partial charge in [0.05, 0.1) is 13.2 Å². The largest absolute Gasteiger partial charge is 0.496 e. The molecule has 2 aromatic rings. The van der Waals surface area contributed by atoms with Crippen LogP contribution in [0.5, 0.6) is 5.75 Å². The highest BCUT2D eigenvalue weighted by molar-refractivity contribution is 5.89. The van der Waals surface area contributed by atoms with Crippen molar-refractivity contribution in [2.75, 3.05) is 7.11 Å². The number of hydrogen-bond donors (Lipinski definition) is 0. The van der Waals surface area contributed by atoms with E-state index >= 15 is 0 Å². The van der Waals surface area contributed by atoms with Gasteiger partial charge in [0, 0.05) is 11.8 Å². The van der Waals surface area contributed by atoms with E-state index in [-0.39, 0.29) is 18.0 Å². The first-order valence-corrected chi connectivity index (χ1v) is 7.17. The fourth-order valence-corrected chi connectivity index (χ4v) is 3.54. The number of hydrogen-bond acceptors (Lipinski definition) is 3. The predicted molar refractivity (Wildman–Crippen MR) is 76.8 cm³/mol. The smallest absolute Gasteiger partial charge is 0.162 e. The van der Waals surface area contributed by atoms with E-state index in [1.807, 2.05) is 12.1 Å². The van der Waals surface area contributed by atoms with Gasteiger partial charge in [-0.05, 0) is 29.5 Å². The van der Waals surface area contributed by atoms with Crippen LogP contribution in [0.4, 0.5) is 0 Å². The maximum Gasteiger partial charge on any atom is 0.162 e. The van der Waals surface area contributed by atoms with Gasteiger partial charge >= 0.3 is 0 Å². The van der Waals surface area contributed by atoms with Crippen LogP contribution >= 0.6 is 0 Å². The van der Waals surface area contributed by atoms with Crippen molar-refractivity contribution in [1.82, 2.24) is 0 Å². The number of rotatable bonds is 3. The minimum Gasteiger partial charge on any atom is -0.496 e. The van der Waals surface area contributed by atoms with Gasteiger partial charge in [-0.3, -0.25) is 0 Å². The Morgan fingerprint density at radius 1 is 1.30 bits per heavy atom. The van der Waals surface area contributed by atoms with E-state index in [9.17, 15) is 0 Å². The summed E-state index contributed by atoms with van der Waals surface area (Å²) in [4.78, 5) is 0. The Kier molecular flexibility index (Phi) is 2.56. The molecule has 0 radical (unpaired) electrons. The summed E-state index contributed by atoms with van der Waals surface area (Å²) in [6.07, 6.45) is 2.13. The van der Waals surface area contributed by atoms with E-state index in [1.54, 1.807) is 7.11 Å². The van der Waals surface area contributed by atoms with Gasteiger partial charge in [0.15, 0.2) is 6.29 Å². The fourth-order valence-electron chi connectivity index (χ4n) is 3.54. The summed E-state index contributed by atoms with van der Waals surface area (Å²) in [5.74, 6) is 0.911. The predicted octanol–water partition coefficient (Wildman–Crippen LogP) is 3.60. The lowest BCUT2D eigenvalue weighted by atomic mass is 9.81. The summed E-state index contributed by atoms with van der Waals surface area (Å²) in [5.41, 5.74) is 0.996. The van der Waals surface area contributed by atoms with Crippen LogP contribution < -0.4 is 4.74 Å². The summed E-state index contributed by atoms with van der Waals surface area (Å²) in [7, 11) is 1.71. The molecule has 0 N–H and O–H groups in total. The highest BCUT2D eigenvalue weighted by Gasteiger charge is 2.60. The average Bonchev–Trinajstić information content (AvgIpc) is 3.01. The van der Waals surface area contributed by atoms with Crippen molar-refractivity contribution in [2.45, 2.75) is 37.8 Å². The fraction of sp³-hybridized carbons (Fsp3) is 0.412. The lowest BCUT2D eigenvalue weighted by Gasteiger charge is -2.38. The minimum atomic E-state index is -0.226. The standard InChI is InChI=1S/C17H18O3/c1-3-15-17(10-16(19-15)20-17)12-7-8-13-11(9-12)5-4-6-14(13)18-2/h4-9,15-16H,3,10H2,1-2H3. The summed E-state index contributed by atoms with van der Waals surface area (Å²) in [6.45, 7) is 2.15. The second kappa shape index (κ2) is 4.21. The van der Waals surface area contributed by atoms with Crippen LogP contribution in [0.1, 0.15) is 25.3 Å². The first-order chi connectivity index (χ1) is 9.76. The summed E-state index contributed by atoms with van der Waals surface area (Å²) in [6, 6.07) is 12.6. The van der Waals surface area contributed by atoms with Crippen LogP contribution in [0.2, 0.25) is 0 Å². The van der Waals surface area contributed by atoms with Crippen molar-refractivity contribution in [1.29, 1.82) is 0 Å². The van der Waals surface area contributed by atoms with Gasteiger partial charge in [0.2, 0.25) is 0 Å².